The summed E-state index contributed by atoms with van der Waals surface area (Å²) in [5.41, 5.74) is -0.123. The lowest BCUT2D eigenvalue weighted by molar-refractivity contribution is -0.128. The number of guanidine groups is 1. The summed E-state index contributed by atoms with van der Waals surface area (Å²) in [6.07, 6.45) is -0.874. The van der Waals surface area contributed by atoms with Crippen LogP contribution in [0.25, 0.3) is 0 Å². The van der Waals surface area contributed by atoms with Crippen molar-refractivity contribution in [1.29, 1.82) is 0 Å². The van der Waals surface area contributed by atoms with E-state index in [4.69, 9.17) is 0 Å². The number of amides is 1. The zero-order chi connectivity index (χ0) is 20.4. The summed E-state index contributed by atoms with van der Waals surface area (Å²) in [6.45, 7) is 3.62. The first-order valence-electron chi connectivity index (χ1n) is 8.66. The molecule has 0 saturated carbocycles. The minimum atomic E-state index is -2.89. The van der Waals surface area contributed by atoms with Crippen molar-refractivity contribution >= 4 is 11.9 Å². The monoisotopic (exact) mass is 386 g/mol. The molecule has 9 heteroatoms. The average molecular weight is 386 g/mol. The van der Waals surface area contributed by atoms with Gasteiger partial charge in [0.1, 0.15) is 5.75 Å². The van der Waals surface area contributed by atoms with E-state index in [1.165, 1.54) is 24.3 Å². The van der Waals surface area contributed by atoms with Crippen molar-refractivity contribution in [3.8, 4) is 5.75 Å². The lowest BCUT2D eigenvalue weighted by Crippen LogP contribution is -2.42. The quantitative estimate of drug-likeness (QED) is 0.382. The van der Waals surface area contributed by atoms with E-state index in [9.17, 15) is 18.7 Å². The summed E-state index contributed by atoms with van der Waals surface area (Å²) in [6, 6.07) is 5.78. The first-order chi connectivity index (χ1) is 12.7. The molecule has 0 aliphatic carbocycles. The first kappa shape index (κ1) is 22.6. The molecule has 1 unspecified atom stereocenters. The third kappa shape index (κ3) is 7.78. The van der Waals surface area contributed by atoms with Crippen LogP contribution < -0.4 is 20.7 Å². The van der Waals surface area contributed by atoms with Gasteiger partial charge in [-0.2, -0.15) is 8.78 Å². The van der Waals surface area contributed by atoms with Crippen LogP contribution in [0.3, 0.4) is 0 Å². The van der Waals surface area contributed by atoms with Crippen LogP contribution in [-0.2, 0) is 4.79 Å². The average Bonchev–Trinajstić information content (AvgIpc) is 2.63. The topological polar surface area (TPSA) is 95.0 Å². The molecule has 1 rings (SSSR count). The van der Waals surface area contributed by atoms with E-state index in [1.807, 2.05) is 6.92 Å². The van der Waals surface area contributed by atoms with E-state index >= 15 is 0 Å². The van der Waals surface area contributed by atoms with Crippen LogP contribution in [0.2, 0.25) is 0 Å². The van der Waals surface area contributed by atoms with Crippen LogP contribution in [-0.4, -0.2) is 50.3 Å². The Morgan fingerprint density at radius 2 is 1.89 bits per heavy atom. The van der Waals surface area contributed by atoms with Gasteiger partial charge in [0.25, 0.3) is 0 Å². The second kappa shape index (κ2) is 10.7. The number of rotatable bonds is 9. The normalized spacial score (nSPS) is 13.3. The standard InChI is InChI=1S/C18H28F2N4O3/c1-5-22-17(24-11-18(2,3)15(26)21-4)23-10-14(25)12-6-8-13(9-7-12)27-16(19)20/h6-9,14,16,25H,5,10-11H2,1-4H3,(H,21,26)(H2,22,23,24). The molecule has 1 aromatic rings. The molecule has 4 N–H and O–H groups in total. The van der Waals surface area contributed by atoms with Gasteiger partial charge in [0.15, 0.2) is 5.96 Å². The molecule has 0 aliphatic heterocycles. The fourth-order valence-corrected chi connectivity index (χ4v) is 2.21. The molecule has 0 fully saturated rings. The molecular weight excluding hydrogens is 358 g/mol. The zero-order valence-corrected chi connectivity index (χ0v) is 16.1. The van der Waals surface area contributed by atoms with Crippen molar-refractivity contribution in [1.82, 2.24) is 16.0 Å². The van der Waals surface area contributed by atoms with E-state index in [0.717, 1.165) is 0 Å². The number of hydrogen-bond acceptors (Lipinski definition) is 4. The highest BCUT2D eigenvalue weighted by Gasteiger charge is 2.26. The number of nitrogens with one attached hydrogen (secondary N) is 3. The molecule has 1 atom stereocenters. The van der Waals surface area contributed by atoms with Crippen LogP contribution >= 0.6 is 0 Å². The number of carbonyl (C=O) groups excluding carboxylic acids is 1. The highest BCUT2D eigenvalue weighted by atomic mass is 19.3. The lowest BCUT2D eigenvalue weighted by Gasteiger charge is -2.21. The lowest BCUT2D eigenvalue weighted by atomic mass is 9.93. The molecule has 0 saturated heterocycles. The number of ether oxygens (including phenoxy) is 1. The number of alkyl halides is 2. The van der Waals surface area contributed by atoms with Crippen molar-refractivity contribution in [2.75, 3.05) is 26.7 Å². The fraction of sp³-hybridized carbons (Fsp3) is 0.556. The molecule has 0 heterocycles. The Labute approximate surface area is 158 Å². The van der Waals surface area contributed by atoms with Crippen LogP contribution in [0.4, 0.5) is 8.78 Å². The van der Waals surface area contributed by atoms with Gasteiger partial charge >= 0.3 is 6.61 Å². The Morgan fingerprint density at radius 3 is 2.41 bits per heavy atom. The molecule has 0 aromatic heterocycles. The number of benzene rings is 1. The second-order valence-corrected chi connectivity index (χ2v) is 6.50. The Bertz CT molecular complexity index is 622. The predicted octanol–water partition coefficient (Wildman–Crippen LogP) is 1.65. The molecule has 0 spiro atoms. The number of carbonyl (C=O) groups is 1. The van der Waals surface area contributed by atoms with Gasteiger partial charge in [0.05, 0.1) is 18.1 Å². The highest BCUT2D eigenvalue weighted by molar-refractivity contribution is 5.83. The Hall–Kier alpha value is -2.42. The number of aliphatic hydroxyl groups excluding tert-OH is 1. The second-order valence-electron chi connectivity index (χ2n) is 6.50. The summed E-state index contributed by atoms with van der Waals surface area (Å²) in [7, 11) is 1.57. The number of nitrogens with zero attached hydrogens (tertiary/aromatic N) is 1. The van der Waals surface area contributed by atoms with Crippen molar-refractivity contribution in [3.63, 3.8) is 0 Å². The Morgan fingerprint density at radius 1 is 1.26 bits per heavy atom. The van der Waals surface area contributed by atoms with E-state index in [0.29, 0.717) is 18.1 Å². The van der Waals surface area contributed by atoms with Crippen LogP contribution in [0.15, 0.2) is 29.3 Å². The minimum Gasteiger partial charge on any atom is -0.435 e. The predicted molar refractivity (Wildman–Crippen MR) is 99.9 cm³/mol. The number of hydrogen-bond donors (Lipinski definition) is 4. The highest BCUT2D eigenvalue weighted by Crippen LogP contribution is 2.19. The summed E-state index contributed by atoms with van der Waals surface area (Å²) >= 11 is 0. The maximum Gasteiger partial charge on any atom is 0.387 e. The Balaban J connectivity index is 2.67. The summed E-state index contributed by atoms with van der Waals surface area (Å²) < 4.78 is 28.6. The van der Waals surface area contributed by atoms with Crippen molar-refractivity contribution in [3.05, 3.63) is 29.8 Å². The smallest absolute Gasteiger partial charge is 0.387 e. The summed E-state index contributed by atoms with van der Waals surface area (Å²) in [5.74, 6) is 0.375. The van der Waals surface area contributed by atoms with E-state index < -0.39 is 18.1 Å². The Kier molecular flexibility index (Phi) is 8.93. The number of halogens is 2. The molecule has 0 radical (unpaired) electrons. The van der Waals surface area contributed by atoms with Crippen LogP contribution in [0, 0.1) is 5.41 Å². The molecule has 152 valence electrons. The largest absolute Gasteiger partial charge is 0.435 e. The van der Waals surface area contributed by atoms with Crippen molar-refractivity contribution < 1.29 is 23.4 Å². The van der Waals surface area contributed by atoms with Gasteiger partial charge in [-0.15, -0.1) is 0 Å². The third-order valence-electron chi connectivity index (χ3n) is 3.77. The third-order valence-corrected chi connectivity index (χ3v) is 3.77. The van der Waals surface area contributed by atoms with Gasteiger partial charge in [-0.1, -0.05) is 12.1 Å². The van der Waals surface area contributed by atoms with Gasteiger partial charge in [0.2, 0.25) is 5.91 Å². The number of aliphatic hydroxyl groups is 1. The zero-order valence-electron chi connectivity index (χ0n) is 16.1. The molecule has 1 amide bonds. The van der Waals surface area contributed by atoms with Crippen LogP contribution in [0.1, 0.15) is 32.4 Å². The molecular formula is C18H28F2N4O3. The van der Waals surface area contributed by atoms with Crippen molar-refractivity contribution in [2.24, 2.45) is 10.4 Å². The van der Waals surface area contributed by atoms with E-state index in [2.05, 4.69) is 25.7 Å². The maximum atomic E-state index is 12.2. The summed E-state index contributed by atoms with van der Waals surface area (Å²) in [4.78, 5) is 16.2. The molecule has 27 heavy (non-hydrogen) atoms. The molecule has 0 aliphatic rings. The van der Waals surface area contributed by atoms with Gasteiger partial charge in [0, 0.05) is 20.1 Å². The first-order valence-corrected chi connectivity index (χ1v) is 8.66. The van der Waals surface area contributed by atoms with Gasteiger partial charge in [-0.05, 0) is 38.5 Å². The molecule has 1 aromatic carbocycles. The minimum absolute atomic E-state index is 0.0280. The summed E-state index contributed by atoms with van der Waals surface area (Å²) in [5, 5.41) is 18.9. The van der Waals surface area contributed by atoms with Gasteiger partial charge in [-0.25, -0.2) is 0 Å². The molecule has 7 nitrogen and oxygen atoms in total. The van der Waals surface area contributed by atoms with E-state index in [1.54, 1.807) is 20.9 Å². The fourth-order valence-electron chi connectivity index (χ4n) is 2.21. The SMILES string of the molecule is CCNC(=NCC(C)(C)C(=O)NC)NCC(O)c1ccc(OC(F)F)cc1. The van der Waals surface area contributed by atoms with Crippen LogP contribution in [0.5, 0.6) is 5.75 Å². The van der Waals surface area contributed by atoms with Crippen molar-refractivity contribution in [2.45, 2.75) is 33.5 Å². The van der Waals surface area contributed by atoms with E-state index in [-0.39, 0.29) is 24.7 Å². The molecule has 0 bridgehead atoms. The van der Waals surface area contributed by atoms with Gasteiger partial charge < -0.3 is 25.8 Å². The maximum absolute atomic E-state index is 12.2. The van der Waals surface area contributed by atoms with Gasteiger partial charge in [-0.3, -0.25) is 9.79 Å². The number of aliphatic imine (C=N–C) groups is 1.